The lowest BCUT2D eigenvalue weighted by atomic mass is 9.94. The number of amides is 1. The second kappa shape index (κ2) is 7.77. The molecule has 0 aliphatic heterocycles. The highest BCUT2D eigenvalue weighted by Crippen LogP contribution is 2.30. The minimum atomic E-state index is -2.95. The van der Waals surface area contributed by atoms with Gasteiger partial charge in [-0.1, -0.05) is 6.07 Å². The van der Waals surface area contributed by atoms with Crippen LogP contribution < -0.4 is 14.8 Å². The van der Waals surface area contributed by atoms with Crippen molar-refractivity contribution in [3.63, 3.8) is 0 Å². The quantitative estimate of drug-likeness (QED) is 0.808. The Kier molecular flexibility index (Phi) is 5.43. The third-order valence-corrected chi connectivity index (χ3v) is 4.56. The Labute approximate surface area is 154 Å². The third kappa shape index (κ3) is 3.94. The summed E-state index contributed by atoms with van der Waals surface area (Å²) in [6.07, 6.45) is 2.03. The first-order valence-electron chi connectivity index (χ1n) is 8.55. The summed E-state index contributed by atoms with van der Waals surface area (Å²) in [4.78, 5) is 27.7. The van der Waals surface area contributed by atoms with Crippen molar-refractivity contribution >= 4 is 11.7 Å². The molecule has 0 unspecified atom stereocenters. The molecule has 144 valence electrons. The summed E-state index contributed by atoms with van der Waals surface area (Å²) in [5.74, 6) is -0.196. The number of halogens is 2. The predicted molar refractivity (Wildman–Crippen MR) is 93.6 cm³/mol. The Bertz CT molecular complexity index is 877. The van der Waals surface area contributed by atoms with Crippen molar-refractivity contribution in [2.75, 3.05) is 7.11 Å². The van der Waals surface area contributed by atoms with Gasteiger partial charge >= 0.3 is 6.61 Å². The Hall–Kier alpha value is -2.90. The molecule has 6 nitrogen and oxygen atoms in total. The lowest BCUT2D eigenvalue weighted by Crippen LogP contribution is -2.24. The molecule has 1 aliphatic carbocycles. The van der Waals surface area contributed by atoms with E-state index in [9.17, 15) is 18.4 Å². The predicted octanol–water partition coefficient (Wildman–Crippen LogP) is 3.38. The van der Waals surface area contributed by atoms with Gasteiger partial charge in [-0.15, -0.1) is 0 Å². The normalized spacial score (nSPS) is 13.4. The lowest BCUT2D eigenvalue weighted by molar-refractivity contribution is -0.0512. The number of hydrogen-bond donors (Lipinski definition) is 2. The SMILES string of the molecule is COc1cc(CNC(=O)c2[nH]c3c(c2C)C(=O)CCC3)ccc1OC(F)F. The largest absolute Gasteiger partial charge is 0.493 e. The number of aromatic nitrogens is 1. The molecular weight excluding hydrogens is 358 g/mol. The smallest absolute Gasteiger partial charge is 0.387 e. The number of ketones is 1. The summed E-state index contributed by atoms with van der Waals surface area (Å²) < 4.78 is 34.2. The van der Waals surface area contributed by atoms with Gasteiger partial charge in [0.15, 0.2) is 17.3 Å². The van der Waals surface area contributed by atoms with E-state index < -0.39 is 6.61 Å². The highest BCUT2D eigenvalue weighted by molar-refractivity contribution is 6.04. The van der Waals surface area contributed by atoms with Crippen LogP contribution in [0.5, 0.6) is 11.5 Å². The molecule has 1 amide bonds. The van der Waals surface area contributed by atoms with Crippen LogP contribution in [-0.2, 0) is 13.0 Å². The van der Waals surface area contributed by atoms with E-state index in [0.717, 1.165) is 18.5 Å². The Balaban J connectivity index is 1.72. The van der Waals surface area contributed by atoms with Crippen molar-refractivity contribution in [1.29, 1.82) is 0 Å². The van der Waals surface area contributed by atoms with Crippen molar-refractivity contribution < 1.29 is 27.8 Å². The molecule has 8 heteroatoms. The number of carbonyl (C=O) groups is 2. The van der Waals surface area contributed by atoms with Gasteiger partial charge in [0.25, 0.3) is 5.91 Å². The van der Waals surface area contributed by atoms with Crippen molar-refractivity contribution in [2.45, 2.75) is 39.3 Å². The molecule has 2 aromatic rings. The van der Waals surface area contributed by atoms with E-state index in [1.807, 2.05) is 0 Å². The van der Waals surface area contributed by atoms with Gasteiger partial charge in [-0.2, -0.15) is 8.78 Å². The molecule has 2 N–H and O–H groups in total. The second-order valence-corrected chi connectivity index (χ2v) is 6.30. The third-order valence-electron chi connectivity index (χ3n) is 4.56. The number of rotatable bonds is 6. The zero-order valence-corrected chi connectivity index (χ0v) is 15.0. The van der Waals surface area contributed by atoms with Crippen molar-refractivity contribution in [3.8, 4) is 11.5 Å². The number of H-pyrrole nitrogens is 1. The first-order valence-corrected chi connectivity index (χ1v) is 8.55. The van der Waals surface area contributed by atoms with Crippen molar-refractivity contribution in [1.82, 2.24) is 10.3 Å². The number of methoxy groups -OCH3 is 1. The number of benzene rings is 1. The molecule has 0 saturated heterocycles. The molecule has 3 rings (SSSR count). The maximum atomic E-state index is 12.5. The standard InChI is InChI=1S/C19H20F2N2O4/c1-10-16-12(4-3-5-13(16)24)23-17(10)18(25)22-9-11-6-7-14(27-19(20)21)15(8-11)26-2/h6-8,19,23H,3-5,9H2,1-2H3,(H,22,25). The van der Waals surface area contributed by atoms with Gasteiger partial charge < -0.3 is 19.8 Å². The van der Waals surface area contributed by atoms with Gasteiger partial charge in [0, 0.05) is 24.2 Å². The van der Waals surface area contributed by atoms with Crippen LogP contribution in [0.15, 0.2) is 18.2 Å². The number of hydrogen-bond acceptors (Lipinski definition) is 4. The second-order valence-electron chi connectivity index (χ2n) is 6.30. The molecule has 0 saturated carbocycles. The first kappa shape index (κ1) is 18.9. The molecule has 0 radical (unpaired) electrons. The molecular formula is C19H20F2N2O4. The molecule has 1 aromatic heterocycles. The van der Waals surface area contributed by atoms with Crippen LogP contribution in [0.1, 0.15) is 50.5 Å². The average Bonchev–Trinajstić information content (AvgIpc) is 2.98. The Morgan fingerprint density at radius 1 is 1.30 bits per heavy atom. The van der Waals surface area contributed by atoms with Crippen LogP contribution in [0.4, 0.5) is 8.78 Å². The minimum absolute atomic E-state index is 0.0587. The van der Waals surface area contributed by atoms with Gasteiger partial charge in [0.05, 0.1) is 7.11 Å². The van der Waals surface area contributed by atoms with Crippen molar-refractivity contribution in [3.05, 3.63) is 46.3 Å². The van der Waals surface area contributed by atoms with Crippen LogP contribution in [0.25, 0.3) is 0 Å². The first-order chi connectivity index (χ1) is 12.9. The highest BCUT2D eigenvalue weighted by atomic mass is 19.3. The highest BCUT2D eigenvalue weighted by Gasteiger charge is 2.26. The van der Waals surface area contributed by atoms with Gasteiger partial charge in [0.2, 0.25) is 0 Å². The summed E-state index contributed by atoms with van der Waals surface area (Å²) in [6.45, 7) is -1.03. The molecule has 27 heavy (non-hydrogen) atoms. The summed E-state index contributed by atoms with van der Waals surface area (Å²) >= 11 is 0. The number of carbonyl (C=O) groups excluding carboxylic acids is 2. The van der Waals surface area contributed by atoms with E-state index in [1.165, 1.54) is 19.2 Å². The molecule has 1 aliphatic rings. The number of fused-ring (bicyclic) bond motifs is 1. The van der Waals surface area contributed by atoms with Crippen LogP contribution in [-0.4, -0.2) is 30.4 Å². The van der Waals surface area contributed by atoms with Crippen LogP contribution >= 0.6 is 0 Å². The maximum Gasteiger partial charge on any atom is 0.387 e. The van der Waals surface area contributed by atoms with Gasteiger partial charge in [0.1, 0.15) is 5.69 Å². The molecule has 1 heterocycles. The van der Waals surface area contributed by atoms with Crippen LogP contribution in [0, 0.1) is 6.92 Å². The molecule has 0 atom stereocenters. The summed E-state index contributed by atoms with van der Waals surface area (Å²) in [7, 11) is 1.35. The number of alkyl halides is 2. The van der Waals surface area contributed by atoms with Crippen molar-refractivity contribution in [2.24, 2.45) is 0 Å². The summed E-state index contributed by atoms with van der Waals surface area (Å²) in [5, 5.41) is 2.77. The van der Waals surface area contributed by atoms with E-state index in [-0.39, 0.29) is 29.7 Å². The number of aryl methyl sites for hydroxylation is 1. The lowest BCUT2D eigenvalue weighted by Gasteiger charge is -2.12. The van der Waals surface area contributed by atoms with Gasteiger partial charge in [-0.3, -0.25) is 9.59 Å². The summed E-state index contributed by atoms with van der Waals surface area (Å²) in [6, 6.07) is 4.45. The Morgan fingerprint density at radius 2 is 2.07 bits per heavy atom. The van der Waals surface area contributed by atoms with E-state index in [1.54, 1.807) is 13.0 Å². The van der Waals surface area contributed by atoms with Crippen LogP contribution in [0.3, 0.4) is 0 Å². The van der Waals surface area contributed by atoms with Gasteiger partial charge in [-0.05, 0) is 43.0 Å². The van der Waals surface area contributed by atoms with Crippen LogP contribution in [0.2, 0.25) is 0 Å². The van der Waals surface area contributed by atoms with E-state index in [2.05, 4.69) is 15.0 Å². The van der Waals surface area contributed by atoms with Gasteiger partial charge in [-0.25, -0.2) is 0 Å². The van der Waals surface area contributed by atoms with E-state index >= 15 is 0 Å². The molecule has 1 aromatic carbocycles. The topological polar surface area (TPSA) is 80.4 Å². The molecule has 0 bridgehead atoms. The Morgan fingerprint density at radius 3 is 2.74 bits per heavy atom. The fourth-order valence-corrected chi connectivity index (χ4v) is 3.29. The average molecular weight is 378 g/mol. The monoisotopic (exact) mass is 378 g/mol. The zero-order chi connectivity index (χ0) is 19.6. The number of nitrogens with one attached hydrogen (secondary N) is 2. The van der Waals surface area contributed by atoms with E-state index in [4.69, 9.17) is 4.74 Å². The zero-order valence-electron chi connectivity index (χ0n) is 15.0. The number of ether oxygens (including phenoxy) is 2. The maximum absolute atomic E-state index is 12.5. The molecule has 0 fully saturated rings. The van der Waals surface area contributed by atoms with E-state index in [0.29, 0.717) is 28.8 Å². The fourth-order valence-electron chi connectivity index (χ4n) is 3.29. The number of Topliss-reactive ketones (excluding diaryl/α,β-unsaturated/α-hetero) is 1. The summed E-state index contributed by atoms with van der Waals surface area (Å²) in [5.41, 5.74) is 3.13. The minimum Gasteiger partial charge on any atom is -0.493 e. The molecule has 0 spiro atoms. The number of aromatic amines is 1. The fraction of sp³-hybridized carbons (Fsp3) is 0.368.